The van der Waals surface area contributed by atoms with E-state index in [9.17, 15) is 9.59 Å². The van der Waals surface area contributed by atoms with E-state index in [1.54, 1.807) is 10.9 Å². The second-order valence-corrected chi connectivity index (χ2v) is 6.43. The number of carbonyl (C=O) groups excluding carboxylic acids is 1. The van der Waals surface area contributed by atoms with Gasteiger partial charge in [0.1, 0.15) is 17.4 Å². The zero-order valence-electron chi connectivity index (χ0n) is 13.2. The zero-order chi connectivity index (χ0) is 15.6. The van der Waals surface area contributed by atoms with Gasteiger partial charge >= 0.3 is 5.56 Å². The summed E-state index contributed by atoms with van der Waals surface area (Å²) in [5.41, 5.74) is 0.430. The van der Waals surface area contributed by atoms with Crippen LogP contribution < -0.4 is 10.1 Å². The third kappa shape index (κ3) is 3.20. The van der Waals surface area contributed by atoms with Crippen LogP contribution in [0, 0.1) is 5.41 Å². The average Bonchev–Trinajstić information content (AvgIpc) is 2.43. The first-order valence-electron chi connectivity index (χ1n) is 7.39. The lowest BCUT2D eigenvalue weighted by Gasteiger charge is -2.16. The maximum atomic E-state index is 12.4. The number of nitrogens with zero attached hydrogens (tertiary/aromatic N) is 2. The highest BCUT2D eigenvalue weighted by molar-refractivity contribution is 5.83. The number of aromatic nitrogens is 2. The number of aryl methyl sites for hydroxylation is 1. The Labute approximate surface area is 125 Å². The molecule has 21 heavy (non-hydrogen) atoms. The highest BCUT2D eigenvalue weighted by Crippen LogP contribution is 2.14. The van der Waals surface area contributed by atoms with E-state index in [1.165, 1.54) is 0 Å². The van der Waals surface area contributed by atoms with Gasteiger partial charge in [-0.05, 0) is 18.6 Å². The largest absolute Gasteiger partial charge is 0.345 e. The summed E-state index contributed by atoms with van der Waals surface area (Å²) in [6.45, 7) is 8.73. The summed E-state index contributed by atoms with van der Waals surface area (Å²) in [7, 11) is 0. The first-order chi connectivity index (χ1) is 9.84. The molecule has 0 spiro atoms. The van der Waals surface area contributed by atoms with Gasteiger partial charge in [0.25, 0.3) is 0 Å². The number of ketones is 1. The minimum atomic E-state index is -0.389. The number of rotatable bonds is 4. The highest BCUT2D eigenvalue weighted by atomic mass is 16.1. The molecule has 1 heterocycles. The molecular formula is C17H23N2O2+. The lowest BCUT2D eigenvalue weighted by molar-refractivity contribution is -0.663. The molecule has 1 aromatic carbocycles. The van der Waals surface area contributed by atoms with Crippen LogP contribution in [0.1, 0.15) is 34.1 Å². The molecule has 0 amide bonds. The van der Waals surface area contributed by atoms with Crippen LogP contribution in [-0.4, -0.2) is 10.4 Å². The van der Waals surface area contributed by atoms with Gasteiger partial charge in [-0.2, -0.15) is 4.57 Å². The van der Waals surface area contributed by atoms with Crippen molar-refractivity contribution in [1.82, 2.24) is 4.57 Å². The van der Waals surface area contributed by atoms with Crippen molar-refractivity contribution < 1.29 is 9.36 Å². The summed E-state index contributed by atoms with van der Waals surface area (Å²) in [5.74, 6) is 0.152. The van der Waals surface area contributed by atoms with Crippen LogP contribution in [0.3, 0.4) is 0 Å². The van der Waals surface area contributed by atoms with Gasteiger partial charge in [-0.3, -0.25) is 4.79 Å². The van der Waals surface area contributed by atoms with Crippen LogP contribution in [0.4, 0.5) is 0 Å². The summed E-state index contributed by atoms with van der Waals surface area (Å²) in [5, 5.41) is 0.662. The second kappa shape index (κ2) is 5.80. The van der Waals surface area contributed by atoms with Gasteiger partial charge in [-0.1, -0.05) is 39.8 Å². The smallest absolute Gasteiger partial charge is 0.295 e. The number of fused-ring (bicyclic) bond motifs is 1. The van der Waals surface area contributed by atoms with E-state index in [0.29, 0.717) is 11.9 Å². The fourth-order valence-electron chi connectivity index (χ4n) is 2.26. The molecule has 4 heteroatoms. The molecule has 0 fully saturated rings. The van der Waals surface area contributed by atoms with E-state index in [0.717, 1.165) is 11.9 Å². The lowest BCUT2D eigenvalue weighted by Crippen LogP contribution is -2.46. The molecule has 1 aromatic heterocycles. The number of hydrogen-bond donors (Lipinski definition) is 0. The molecule has 0 N–H and O–H groups in total. The third-order valence-electron chi connectivity index (χ3n) is 3.60. The third-order valence-corrected chi connectivity index (χ3v) is 3.60. The molecule has 2 aromatic rings. The Morgan fingerprint density at radius 1 is 1.24 bits per heavy atom. The Morgan fingerprint density at radius 2 is 1.90 bits per heavy atom. The van der Waals surface area contributed by atoms with Crippen LogP contribution in [0.25, 0.3) is 10.9 Å². The maximum absolute atomic E-state index is 12.4. The molecule has 0 aliphatic rings. The van der Waals surface area contributed by atoms with Gasteiger partial charge in [0.2, 0.25) is 6.33 Å². The molecule has 2 rings (SSSR count). The topological polar surface area (TPSA) is 43.0 Å². The van der Waals surface area contributed by atoms with Gasteiger partial charge < -0.3 is 0 Å². The lowest BCUT2D eigenvalue weighted by atomic mass is 9.91. The van der Waals surface area contributed by atoms with Crippen molar-refractivity contribution in [3.05, 3.63) is 40.9 Å². The molecule has 0 saturated carbocycles. The molecule has 0 atom stereocenters. The number of carbonyl (C=O) groups is 1. The Hall–Kier alpha value is -1.97. The molecule has 0 saturated heterocycles. The predicted octanol–water partition coefficient (Wildman–Crippen LogP) is 2.31. The molecule has 0 bridgehead atoms. The van der Waals surface area contributed by atoms with Crippen molar-refractivity contribution in [2.24, 2.45) is 5.41 Å². The molecular weight excluding hydrogens is 264 g/mol. The standard InChI is InChI=1S/C17H23N2O2/c1-5-10-18-12-19(11-15(20)17(2,3)4)14-9-7-6-8-13(14)16(18)21/h6-9,12H,5,10-11H2,1-4H3/q+1. The number of Topliss-reactive ketones (excluding diaryl/α,β-unsaturated/α-hetero) is 1. The summed E-state index contributed by atoms with van der Waals surface area (Å²) in [4.78, 5) is 24.7. The summed E-state index contributed by atoms with van der Waals surface area (Å²) in [6.07, 6.45) is 2.66. The van der Waals surface area contributed by atoms with E-state index in [-0.39, 0.29) is 23.3 Å². The van der Waals surface area contributed by atoms with Crippen LogP contribution in [-0.2, 0) is 17.9 Å². The van der Waals surface area contributed by atoms with E-state index < -0.39 is 0 Å². The van der Waals surface area contributed by atoms with E-state index in [2.05, 4.69) is 0 Å². The van der Waals surface area contributed by atoms with E-state index in [1.807, 2.05) is 56.5 Å². The zero-order valence-corrected chi connectivity index (χ0v) is 13.2. The van der Waals surface area contributed by atoms with Crippen molar-refractivity contribution in [3.8, 4) is 0 Å². The molecule has 0 radical (unpaired) electrons. The van der Waals surface area contributed by atoms with Crippen molar-refractivity contribution in [1.29, 1.82) is 0 Å². The number of para-hydroxylation sites is 1. The monoisotopic (exact) mass is 287 g/mol. The van der Waals surface area contributed by atoms with E-state index >= 15 is 0 Å². The Morgan fingerprint density at radius 3 is 2.52 bits per heavy atom. The van der Waals surface area contributed by atoms with Crippen molar-refractivity contribution in [2.75, 3.05) is 0 Å². The fourth-order valence-corrected chi connectivity index (χ4v) is 2.26. The molecule has 0 aliphatic carbocycles. The second-order valence-electron chi connectivity index (χ2n) is 6.43. The quantitative estimate of drug-likeness (QED) is 0.810. The predicted molar refractivity (Wildman–Crippen MR) is 83.2 cm³/mol. The van der Waals surface area contributed by atoms with Crippen molar-refractivity contribution in [2.45, 2.75) is 47.2 Å². The summed E-state index contributed by atoms with van der Waals surface area (Å²) < 4.78 is 3.58. The molecule has 0 aliphatic heterocycles. The molecule has 112 valence electrons. The van der Waals surface area contributed by atoms with Crippen LogP contribution >= 0.6 is 0 Å². The van der Waals surface area contributed by atoms with Crippen molar-refractivity contribution >= 4 is 16.7 Å². The van der Waals surface area contributed by atoms with Gasteiger partial charge in [0.05, 0.1) is 6.54 Å². The molecule has 0 unspecified atom stereocenters. The number of benzene rings is 1. The Balaban J connectivity index is 2.59. The fraction of sp³-hybridized carbons (Fsp3) is 0.471. The number of hydrogen-bond acceptors (Lipinski definition) is 2. The Bertz CT molecular complexity index is 724. The summed E-state index contributed by atoms with van der Waals surface area (Å²) in [6, 6.07) is 7.46. The summed E-state index contributed by atoms with van der Waals surface area (Å²) >= 11 is 0. The van der Waals surface area contributed by atoms with E-state index in [4.69, 9.17) is 0 Å². The van der Waals surface area contributed by atoms with Gasteiger partial charge in [0.15, 0.2) is 5.78 Å². The minimum absolute atomic E-state index is 0.00640. The average molecular weight is 287 g/mol. The van der Waals surface area contributed by atoms with Crippen LogP contribution in [0.2, 0.25) is 0 Å². The normalized spacial score (nSPS) is 11.8. The van der Waals surface area contributed by atoms with Crippen LogP contribution in [0.5, 0.6) is 0 Å². The van der Waals surface area contributed by atoms with Crippen LogP contribution in [0.15, 0.2) is 35.4 Å². The molecule has 4 nitrogen and oxygen atoms in total. The first kappa shape index (κ1) is 15.4. The van der Waals surface area contributed by atoms with Crippen molar-refractivity contribution in [3.63, 3.8) is 0 Å². The SMILES string of the molecule is CCCn1c[n+](CC(=O)C(C)(C)C)c2ccccc2c1=O. The highest BCUT2D eigenvalue weighted by Gasteiger charge is 2.25. The van der Waals surface area contributed by atoms with Gasteiger partial charge in [-0.15, -0.1) is 0 Å². The Kier molecular flexibility index (Phi) is 4.26. The van der Waals surface area contributed by atoms with Gasteiger partial charge in [-0.25, -0.2) is 9.36 Å². The van der Waals surface area contributed by atoms with Gasteiger partial charge in [0, 0.05) is 5.41 Å². The minimum Gasteiger partial charge on any atom is -0.295 e. The maximum Gasteiger partial charge on any atom is 0.345 e. The first-order valence-corrected chi connectivity index (χ1v) is 7.39.